The number of aromatic nitrogens is 2. The highest BCUT2D eigenvalue weighted by Crippen LogP contribution is 2.26. The van der Waals surface area contributed by atoms with Gasteiger partial charge in [-0.15, -0.1) is 0 Å². The van der Waals surface area contributed by atoms with E-state index in [1.165, 1.54) is 23.7 Å². The van der Waals surface area contributed by atoms with E-state index in [0.29, 0.717) is 47.0 Å². The minimum absolute atomic E-state index is 0.0840. The van der Waals surface area contributed by atoms with Crippen LogP contribution in [0.25, 0.3) is 11.0 Å². The van der Waals surface area contributed by atoms with E-state index in [0.717, 1.165) is 0 Å². The third-order valence-electron chi connectivity index (χ3n) is 5.39. The van der Waals surface area contributed by atoms with Crippen LogP contribution in [0.1, 0.15) is 19.4 Å². The van der Waals surface area contributed by atoms with Gasteiger partial charge in [0.1, 0.15) is 29.3 Å². The zero-order valence-electron chi connectivity index (χ0n) is 19.9. The van der Waals surface area contributed by atoms with Crippen LogP contribution in [0.5, 0.6) is 17.2 Å². The van der Waals surface area contributed by atoms with Crippen molar-refractivity contribution in [2.45, 2.75) is 33.5 Å². The lowest BCUT2D eigenvalue weighted by molar-refractivity contribution is -0.136. The molecule has 182 valence electrons. The largest absolute Gasteiger partial charge is 0.497 e. The van der Waals surface area contributed by atoms with Crippen LogP contribution < -0.4 is 25.6 Å². The van der Waals surface area contributed by atoms with Crippen LogP contribution in [-0.4, -0.2) is 53.2 Å². The minimum Gasteiger partial charge on any atom is -0.497 e. The number of hydrogen-bond acceptors (Lipinski definition) is 6. The Kier molecular flexibility index (Phi) is 7.83. The SMILES string of the molecule is CCOc1cccc2c1n(CC)c(=O)n2CC(=O)N(CC(N)=O)Cc1cc(OC)cc(OC)c1. The van der Waals surface area contributed by atoms with Crippen molar-refractivity contribution in [3.63, 3.8) is 0 Å². The van der Waals surface area contributed by atoms with Gasteiger partial charge in [-0.2, -0.15) is 0 Å². The number of aryl methyl sites for hydroxylation is 1. The second-order valence-corrected chi connectivity index (χ2v) is 7.61. The number of benzene rings is 2. The molecule has 2 amide bonds. The molecule has 0 bridgehead atoms. The lowest BCUT2D eigenvalue weighted by Gasteiger charge is -2.22. The molecule has 34 heavy (non-hydrogen) atoms. The van der Waals surface area contributed by atoms with Gasteiger partial charge in [0.2, 0.25) is 11.8 Å². The normalized spacial score (nSPS) is 10.8. The third-order valence-corrected chi connectivity index (χ3v) is 5.39. The van der Waals surface area contributed by atoms with Gasteiger partial charge < -0.3 is 24.8 Å². The van der Waals surface area contributed by atoms with Crippen LogP contribution in [-0.2, 0) is 29.2 Å². The number of imidazole rings is 1. The first-order valence-electron chi connectivity index (χ1n) is 11.0. The van der Waals surface area contributed by atoms with E-state index in [1.807, 2.05) is 13.8 Å². The Hall–Kier alpha value is -3.95. The highest BCUT2D eigenvalue weighted by molar-refractivity contribution is 5.87. The summed E-state index contributed by atoms with van der Waals surface area (Å²) >= 11 is 0. The van der Waals surface area contributed by atoms with Gasteiger partial charge in [-0.25, -0.2) is 4.79 Å². The average molecular weight is 471 g/mol. The summed E-state index contributed by atoms with van der Waals surface area (Å²) < 4.78 is 19.2. The second kappa shape index (κ2) is 10.8. The Morgan fingerprint density at radius 3 is 2.26 bits per heavy atom. The van der Waals surface area contributed by atoms with Gasteiger partial charge >= 0.3 is 5.69 Å². The molecule has 0 saturated heterocycles. The van der Waals surface area contributed by atoms with Gasteiger partial charge in [0.15, 0.2) is 0 Å². The molecule has 1 heterocycles. The Bertz CT molecular complexity index is 1220. The summed E-state index contributed by atoms with van der Waals surface area (Å²) in [5.41, 5.74) is 6.98. The van der Waals surface area contributed by atoms with Crippen LogP contribution in [0, 0.1) is 0 Å². The smallest absolute Gasteiger partial charge is 0.329 e. The number of nitrogens with zero attached hydrogens (tertiary/aromatic N) is 3. The van der Waals surface area contributed by atoms with Gasteiger partial charge in [0, 0.05) is 19.2 Å². The van der Waals surface area contributed by atoms with E-state index in [1.54, 1.807) is 41.0 Å². The quantitative estimate of drug-likeness (QED) is 0.456. The Balaban J connectivity index is 1.98. The topological polar surface area (TPSA) is 118 Å². The monoisotopic (exact) mass is 470 g/mol. The molecule has 10 nitrogen and oxygen atoms in total. The van der Waals surface area contributed by atoms with Crippen molar-refractivity contribution in [2.24, 2.45) is 5.73 Å². The fraction of sp³-hybridized carbons (Fsp3) is 0.375. The number of nitrogens with two attached hydrogens (primary N) is 1. The zero-order chi connectivity index (χ0) is 24.8. The Labute approximate surface area is 197 Å². The highest BCUT2D eigenvalue weighted by atomic mass is 16.5. The molecule has 0 aliphatic carbocycles. The molecule has 3 aromatic rings. The summed E-state index contributed by atoms with van der Waals surface area (Å²) in [5, 5.41) is 0. The van der Waals surface area contributed by atoms with Gasteiger partial charge in [-0.1, -0.05) is 6.07 Å². The second-order valence-electron chi connectivity index (χ2n) is 7.61. The standard InChI is InChI=1S/C24H30N4O6/c1-5-27-23-19(8-7-9-20(23)34-6-2)28(24(27)31)15-22(30)26(14-21(25)29)13-16-10-17(32-3)12-18(11-16)33-4/h7-12H,5-6,13-15H2,1-4H3,(H2,25,29). The maximum atomic E-state index is 13.3. The van der Waals surface area contributed by atoms with E-state index in [-0.39, 0.29) is 25.3 Å². The molecular weight excluding hydrogens is 440 g/mol. The van der Waals surface area contributed by atoms with Gasteiger partial charge in [-0.05, 0) is 43.7 Å². The number of carbonyl (C=O) groups is 2. The van der Waals surface area contributed by atoms with E-state index in [4.69, 9.17) is 19.9 Å². The van der Waals surface area contributed by atoms with Crippen molar-refractivity contribution < 1.29 is 23.8 Å². The van der Waals surface area contributed by atoms with Crippen molar-refractivity contribution in [1.29, 1.82) is 0 Å². The van der Waals surface area contributed by atoms with Crippen molar-refractivity contribution in [3.05, 3.63) is 52.4 Å². The zero-order valence-corrected chi connectivity index (χ0v) is 19.9. The molecule has 0 radical (unpaired) electrons. The lowest BCUT2D eigenvalue weighted by Crippen LogP contribution is -2.41. The van der Waals surface area contributed by atoms with Crippen LogP contribution >= 0.6 is 0 Å². The summed E-state index contributed by atoms with van der Waals surface area (Å²) in [7, 11) is 3.05. The first-order chi connectivity index (χ1) is 16.3. The van der Waals surface area contributed by atoms with E-state index < -0.39 is 11.8 Å². The first kappa shape index (κ1) is 24.7. The van der Waals surface area contributed by atoms with E-state index in [9.17, 15) is 14.4 Å². The number of methoxy groups -OCH3 is 2. The van der Waals surface area contributed by atoms with Crippen LogP contribution in [0.15, 0.2) is 41.2 Å². The molecule has 2 N–H and O–H groups in total. The predicted molar refractivity (Wildman–Crippen MR) is 127 cm³/mol. The van der Waals surface area contributed by atoms with Crippen LogP contribution in [0.4, 0.5) is 0 Å². The van der Waals surface area contributed by atoms with Crippen LogP contribution in [0.2, 0.25) is 0 Å². The molecule has 0 saturated carbocycles. The molecule has 1 aromatic heterocycles. The van der Waals surface area contributed by atoms with E-state index in [2.05, 4.69) is 0 Å². The van der Waals surface area contributed by atoms with Gasteiger partial charge in [-0.3, -0.25) is 18.7 Å². The number of primary amides is 1. The van der Waals surface area contributed by atoms with Crippen LogP contribution in [0.3, 0.4) is 0 Å². The molecular formula is C24H30N4O6. The fourth-order valence-electron chi connectivity index (χ4n) is 3.90. The summed E-state index contributed by atoms with van der Waals surface area (Å²) in [6, 6.07) is 10.5. The van der Waals surface area contributed by atoms with Crippen molar-refractivity contribution in [2.75, 3.05) is 27.4 Å². The third kappa shape index (κ3) is 5.16. The van der Waals surface area contributed by atoms with Crippen molar-refractivity contribution >= 4 is 22.8 Å². The fourth-order valence-corrected chi connectivity index (χ4v) is 3.90. The number of amides is 2. The number of hydrogen-bond donors (Lipinski definition) is 1. The molecule has 0 fully saturated rings. The Morgan fingerprint density at radius 2 is 1.71 bits per heavy atom. The molecule has 0 unspecified atom stereocenters. The summed E-state index contributed by atoms with van der Waals surface area (Å²) in [5.74, 6) is 0.575. The molecule has 0 spiro atoms. The predicted octanol–water partition coefficient (Wildman–Crippen LogP) is 1.75. The number of fused-ring (bicyclic) bond motifs is 1. The van der Waals surface area contributed by atoms with Gasteiger partial charge in [0.25, 0.3) is 0 Å². The average Bonchev–Trinajstić information content (AvgIpc) is 3.09. The van der Waals surface area contributed by atoms with E-state index >= 15 is 0 Å². The molecule has 0 atom stereocenters. The lowest BCUT2D eigenvalue weighted by atomic mass is 10.1. The molecule has 3 rings (SSSR count). The summed E-state index contributed by atoms with van der Waals surface area (Å²) in [4.78, 5) is 39.5. The molecule has 0 aliphatic rings. The number of rotatable bonds is 11. The molecule has 10 heteroatoms. The first-order valence-corrected chi connectivity index (χ1v) is 11.0. The highest BCUT2D eigenvalue weighted by Gasteiger charge is 2.22. The number of ether oxygens (including phenoxy) is 3. The maximum Gasteiger partial charge on any atom is 0.329 e. The Morgan fingerprint density at radius 1 is 1.03 bits per heavy atom. The summed E-state index contributed by atoms with van der Waals surface area (Å²) in [6.45, 7) is 4.10. The number of carbonyl (C=O) groups excluding carboxylic acids is 2. The summed E-state index contributed by atoms with van der Waals surface area (Å²) in [6.07, 6.45) is 0. The minimum atomic E-state index is -0.662. The number of para-hydroxylation sites is 1. The van der Waals surface area contributed by atoms with Crippen molar-refractivity contribution in [3.8, 4) is 17.2 Å². The molecule has 2 aromatic carbocycles. The van der Waals surface area contributed by atoms with Gasteiger partial charge in [0.05, 0.1) is 32.9 Å². The van der Waals surface area contributed by atoms with Crippen molar-refractivity contribution in [1.82, 2.24) is 14.0 Å². The molecule has 0 aliphatic heterocycles. The maximum absolute atomic E-state index is 13.3.